The second-order valence-electron chi connectivity index (χ2n) is 3.74. The van der Waals surface area contributed by atoms with Crippen LogP contribution in [0.15, 0.2) is 22.8 Å². The molecule has 1 heterocycles. The van der Waals surface area contributed by atoms with E-state index in [1.54, 1.807) is 14.2 Å². The average Bonchev–Trinajstić information content (AvgIpc) is 2.62. The van der Waals surface area contributed by atoms with E-state index in [0.29, 0.717) is 22.1 Å². The second kappa shape index (κ2) is 4.89. The fourth-order valence-electron chi connectivity index (χ4n) is 1.78. The Balaban J connectivity index is 2.58. The van der Waals surface area contributed by atoms with Gasteiger partial charge >= 0.3 is 0 Å². The molecule has 1 aromatic heterocycles. The highest BCUT2D eigenvalue weighted by Gasteiger charge is 2.14. The van der Waals surface area contributed by atoms with Gasteiger partial charge in [-0.05, 0) is 34.1 Å². The fourth-order valence-corrected chi connectivity index (χ4v) is 2.45. The molecule has 96 valence electrons. The van der Waals surface area contributed by atoms with Gasteiger partial charge in [-0.15, -0.1) is 0 Å². The van der Waals surface area contributed by atoms with E-state index in [1.165, 1.54) is 0 Å². The van der Waals surface area contributed by atoms with Gasteiger partial charge in [-0.2, -0.15) is 0 Å². The second-order valence-corrected chi connectivity index (χ2v) is 4.49. The first-order valence-corrected chi connectivity index (χ1v) is 6.08. The molecule has 0 aliphatic rings. The summed E-state index contributed by atoms with van der Waals surface area (Å²) >= 11 is 3.40. The van der Waals surface area contributed by atoms with Gasteiger partial charge in [-0.25, -0.2) is 4.98 Å². The Kier molecular flexibility index (Phi) is 3.47. The number of nitrogens with two attached hydrogens (primary N) is 1. The Labute approximate surface area is 114 Å². The summed E-state index contributed by atoms with van der Waals surface area (Å²) in [6.45, 7) is 0. The number of hydrogen-bond donors (Lipinski definition) is 1. The van der Waals surface area contributed by atoms with E-state index < -0.39 is 0 Å². The van der Waals surface area contributed by atoms with Crippen molar-refractivity contribution in [2.24, 2.45) is 7.05 Å². The number of benzene rings is 1. The lowest BCUT2D eigenvalue weighted by Crippen LogP contribution is -1.99. The van der Waals surface area contributed by atoms with Gasteiger partial charge in [0.2, 0.25) is 5.95 Å². The number of aromatic nitrogens is 2. The van der Waals surface area contributed by atoms with Crippen LogP contribution >= 0.6 is 15.9 Å². The van der Waals surface area contributed by atoms with Crippen molar-refractivity contribution in [3.8, 4) is 22.8 Å². The number of nitrogen functional groups attached to an aromatic ring is 1. The smallest absolute Gasteiger partial charge is 0.201 e. The number of imidazole rings is 1. The number of halogens is 1. The summed E-state index contributed by atoms with van der Waals surface area (Å²) in [5, 5.41) is 0. The van der Waals surface area contributed by atoms with E-state index in [-0.39, 0.29) is 0 Å². The van der Waals surface area contributed by atoms with E-state index in [2.05, 4.69) is 20.9 Å². The topological polar surface area (TPSA) is 62.3 Å². The van der Waals surface area contributed by atoms with Crippen LogP contribution in [0.2, 0.25) is 0 Å². The average molecular weight is 312 g/mol. The van der Waals surface area contributed by atoms with Crippen LogP contribution in [0.25, 0.3) is 11.3 Å². The third-order valence-corrected chi connectivity index (χ3v) is 3.30. The highest BCUT2D eigenvalue weighted by Crippen LogP contribution is 2.35. The molecule has 18 heavy (non-hydrogen) atoms. The van der Waals surface area contributed by atoms with Gasteiger partial charge in [0, 0.05) is 12.6 Å². The van der Waals surface area contributed by atoms with Crippen LogP contribution in [-0.2, 0) is 7.05 Å². The van der Waals surface area contributed by atoms with Crippen LogP contribution < -0.4 is 15.2 Å². The van der Waals surface area contributed by atoms with Crippen molar-refractivity contribution in [3.63, 3.8) is 0 Å². The number of ether oxygens (including phenoxy) is 2. The Morgan fingerprint density at radius 2 is 1.89 bits per heavy atom. The molecule has 0 saturated carbocycles. The molecule has 0 fully saturated rings. The number of rotatable bonds is 3. The maximum absolute atomic E-state index is 5.77. The number of anilines is 1. The predicted octanol–water partition coefficient (Wildman–Crippen LogP) is 2.45. The van der Waals surface area contributed by atoms with E-state index in [4.69, 9.17) is 15.2 Å². The molecule has 6 heteroatoms. The molecule has 2 N–H and O–H groups in total. The molecule has 0 atom stereocenters. The van der Waals surface area contributed by atoms with Crippen molar-refractivity contribution in [2.75, 3.05) is 20.0 Å². The Morgan fingerprint density at radius 3 is 2.39 bits per heavy atom. The molecule has 2 rings (SSSR count). The molecule has 0 bridgehead atoms. The zero-order chi connectivity index (χ0) is 13.3. The first kappa shape index (κ1) is 12.8. The molecule has 0 radical (unpaired) electrons. The summed E-state index contributed by atoms with van der Waals surface area (Å²) in [4.78, 5) is 4.17. The molecule has 5 nitrogen and oxygen atoms in total. The molecular weight excluding hydrogens is 298 g/mol. The minimum Gasteiger partial charge on any atom is -0.493 e. The number of nitrogens with zero attached hydrogens (tertiary/aromatic N) is 2. The molecule has 1 aromatic carbocycles. The molecule has 0 saturated heterocycles. The van der Waals surface area contributed by atoms with Gasteiger partial charge < -0.3 is 19.8 Å². The minimum atomic E-state index is 0.451. The first-order valence-electron chi connectivity index (χ1n) is 5.28. The Morgan fingerprint density at radius 1 is 1.22 bits per heavy atom. The number of methoxy groups -OCH3 is 2. The quantitative estimate of drug-likeness (QED) is 0.945. The van der Waals surface area contributed by atoms with Gasteiger partial charge in [0.15, 0.2) is 11.5 Å². The highest BCUT2D eigenvalue weighted by molar-refractivity contribution is 9.10. The van der Waals surface area contributed by atoms with Crippen molar-refractivity contribution in [1.82, 2.24) is 9.55 Å². The fraction of sp³-hybridized carbons (Fsp3) is 0.250. The summed E-state index contributed by atoms with van der Waals surface area (Å²) in [5.74, 6) is 1.81. The van der Waals surface area contributed by atoms with Crippen LogP contribution in [0.1, 0.15) is 0 Å². The van der Waals surface area contributed by atoms with Crippen LogP contribution in [0.5, 0.6) is 11.5 Å². The van der Waals surface area contributed by atoms with Gasteiger partial charge in [0.25, 0.3) is 0 Å². The largest absolute Gasteiger partial charge is 0.493 e. The molecular formula is C12H14BrN3O2. The van der Waals surface area contributed by atoms with E-state index in [1.807, 2.05) is 29.8 Å². The van der Waals surface area contributed by atoms with E-state index in [0.717, 1.165) is 11.3 Å². The highest BCUT2D eigenvalue weighted by atomic mass is 79.9. The van der Waals surface area contributed by atoms with Crippen molar-refractivity contribution in [1.29, 1.82) is 0 Å². The summed E-state index contributed by atoms with van der Waals surface area (Å²) < 4.78 is 13.0. The molecule has 2 aromatic rings. The van der Waals surface area contributed by atoms with E-state index >= 15 is 0 Å². The van der Waals surface area contributed by atoms with Crippen molar-refractivity contribution in [2.45, 2.75) is 0 Å². The molecule has 0 aliphatic heterocycles. The minimum absolute atomic E-state index is 0.451. The lowest BCUT2D eigenvalue weighted by Gasteiger charge is -2.10. The van der Waals surface area contributed by atoms with Crippen molar-refractivity contribution >= 4 is 21.9 Å². The zero-order valence-corrected chi connectivity index (χ0v) is 12.0. The van der Waals surface area contributed by atoms with Gasteiger partial charge in [-0.3, -0.25) is 0 Å². The monoisotopic (exact) mass is 311 g/mol. The lowest BCUT2D eigenvalue weighted by molar-refractivity contribution is 0.355. The molecule has 0 unspecified atom stereocenters. The van der Waals surface area contributed by atoms with Crippen LogP contribution in [0, 0.1) is 0 Å². The number of hydrogen-bond acceptors (Lipinski definition) is 4. The molecule has 0 amide bonds. The van der Waals surface area contributed by atoms with Crippen molar-refractivity contribution in [3.05, 3.63) is 22.8 Å². The normalized spacial score (nSPS) is 10.4. The molecule has 0 aliphatic carbocycles. The Bertz CT molecular complexity index is 581. The third-order valence-electron chi connectivity index (χ3n) is 2.74. The third kappa shape index (κ3) is 2.03. The summed E-state index contributed by atoms with van der Waals surface area (Å²) in [6, 6.07) is 5.67. The van der Waals surface area contributed by atoms with Gasteiger partial charge in [-0.1, -0.05) is 0 Å². The first-order chi connectivity index (χ1) is 8.58. The van der Waals surface area contributed by atoms with Crippen LogP contribution in [0.4, 0.5) is 5.95 Å². The van der Waals surface area contributed by atoms with Crippen LogP contribution in [-0.4, -0.2) is 23.8 Å². The summed E-state index contributed by atoms with van der Waals surface area (Å²) in [6.07, 6.45) is 0. The summed E-state index contributed by atoms with van der Waals surface area (Å²) in [5.41, 5.74) is 7.62. The van der Waals surface area contributed by atoms with Gasteiger partial charge in [0.05, 0.1) is 19.9 Å². The van der Waals surface area contributed by atoms with E-state index in [9.17, 15) is 0 Å². The standard InChI is InChI=1S/C12H14BrN3O2/c1-16-10(11(13)15-12(16)14)7-4-5-8(17-2)9(6-7)18-3/h4-6H,1-3H3,(H2,14,15). The maximum atomic E-state index is 5.77. The van der Waals surface area contributed by atoms with Crippen molar-refractivity contribution < 1.29 is 9.47 Å². The molecule has 0 spiro atoms. The zero-order valence-electron chi connectivity index (χ0n) is 10.4. The summed E-state index contributed by atoms with van der Waals surface area (Å²) in [7, 11) is 5.07. The predicted molar refractivity (Wildman–Crippen MR) is 73.9 cm³/mol. The lowest BCUT2D eigenvalue weighted by atomic mass is 10.1. The maximum Gasteiger partial charge on any atom is 0.201 e. The Hall–Kier alpha value is -1.69. The van der Waals surface area contributed by atoms with Crippen LogP contribution in [0.3, 0.4) is 0 Å². The van der Waals surface area contributed by atoms with Gasteiger partial charge in [0.1, 0.15) is 4.60 Å². The SMILES string of the molecule is COc1ccc(-c2c(Br)nc(N)n2C)cc1OC.